The van der Waals surface area contributed by atoms with E-state index in [9.17, 15) is 4.79 Å². The molecule has 1 amide bonds. The lowest BCUT2D eigenvalue weighted by Gasteiger charge is -2.32. The molecule has 0 N–H and O–H groups in total. The van der Waals surface area contributed by atoms with E-state index in [1.165, 1.54) is 0 Å². The number of nitrogens with zero attached hydrogens (tertiary/aromatic N) is 1. The van der Waals surface area contributed by atoms with Crippen LogP contribution < -0.4 is 0 Å². The molecule has 3 heteroatoms. The molecular formula is C30H28FNO. The van der Waals surface area contributed by atoms with E-state index < -0.39 is 5.41 Å². The lowest BCUT2D eigenvalue weighted by molar-refractivity contribution is -0.137. The Morgan fingerprint density at radius 1 is 0.970 bits per heavy atom. The van der Waals surface area contributed by atoms with Gasteiger partial charge in [0.1, 0.15) is 5.82 Å². The first-order chi connectivity index (χ1) is 16.1. The molecule has 3 atom stereocenters. The van der Waals surface area contributed by atoms with Crippen molar-refractivity contribution in [2.75, 3.05) is 0 Å². The van der Waals surface area contributed by atoms with Gasteiger partial charge >= 0.3 is 0 Å². The van der Waals surface area contributed by atoms with Crippen LogP contribution in [0.15, 0.2) is 91.0 Å². The number of rotatable bonds is 5. The molecule has 3 aromatic rings. The number of amides is 1. The summed E-state index contributed by atoms with van der Waals surface area (Å²) in [5, 5.41) is 0. The fourth-order valence-electron chi connectivity index (χ4n) is 5.31. The smallest absolute Gasteiger partial charge is 0.230 e. The SMILES string of the molecule is C[C@@]12CCC=C[C@H]1[C@H](c1ccc(/C=C/c3ccccc3)cc1F)N(Cc1ccccc1)C2=O. The van der Waals surface area contributed by atoms with Crippen LogP contribution in [0.1, 0.15) is 48.1 Å². The van der Waals surface area contributed by atoms with Crippen LogP contribution in [0.4, 0.5) is 4.39 Å². The van der Waals surface area contributed by atoms with E-state index >= 15 is 4.39 Å². The number of likely N-dealkylation sites (tertiary alicyclic amines) is 1. The number of allylic oxidation sites excluding steroid dienone is 1. The van der Waals surface area contributed by atoms with Gasteiger partial charge in [-0.1, -0.05) is 104 Å². The Morgan fingerprint density at radius 2 is 1.67 bits per heavy atom. The van der Waals surface area contributed by atoms with Gasteiger partial charge in [-0.25, -0.2) is 4.39 Å². The summed E-state index contributed by atoms with van der Waals surface area (Å²) in [6.45, 7) is 2.54. The van der Waals surface area contributed by atoms with E-state index in [0.717, 1.165) is 29.5 Å². The van der Waals surface area contributed by atoms with Gasteiger partial charge in [-0.3, -0.25) is 4.79 Å². The Labute approximate surface area is 195 Å². The van der Waals surface area contributed by atoms with E-state index in [2.05, 4.69) is 19.1 Å². The van der Waals surface area contributed by atoms with E-state index in [-0.39, 0.29) is 23.7 Å². The van der Waals surface area contributed by atoms with Crippen molar-refractivity contribution in [3.8, 4) is 0 Å². The van der Waals surface area contributed by atoms with Gasteiger partial charge in [0.15, 0.2) is 0 Å². The number of benzene rings is 3. The van der Waals surface area contributed by atoms with Crippen molar-refractivity contribution in [3.05, 3.63) is 119 Å². The number of carbonyl (C=O) groups excluding carboxylic acids is 1. The van der Waals surface area contributed by atoms with Gasteiger partial charge in [-0.2, -0.15) is 0 Å². The zero-order chi connectivity index (χ0) is 22.8. The summed E-state index contributed by atoms with van der Waals surface area (Å²) in [6.07, 6.45) is 9.88. The molecule has 0 aromatic heterocycles. The molecular weight excluding hydrogens is 409 g/mol. The van der Waals surface area contributed by atoms with Crippen molar-refractivity contribution in [1.29, 1.82) is 0 Å². The molecule has 3 aromatic carbocycles. The minimum atomic E-state index is -0.494. The maximum absolute atomic E-state index is 15.6. The van der Waals surface area contributed by atoms with Gasteiger partial charge in [-0.05, 0) is 35.6 Å². The van der Waals surface area contributed by atoms with Gasteiger partial charge in [0, 0.05) is 18.0 Å². The zero-order valence-electron chi connectivity index (χ0n) is 18.8. The van der Waals surface area contributed by atoms with E-state index in [1.54, 1.807) is 6.07 Å². The number of fused-ring (bicyclic) bond motifs is 1. The first kappa shape index (κ1) is 21.4. The Bertz CT molecular complexity index is 1200. The van der Waals surface area contributed by atoms with Crippen LogP contribution >= 0.6 is 0 Å². The third kappa shape index (κ3) is 4.04. The Hall–Kier alpha value is -3.46. The summed E-state index contributed by atoms with van der Waals surface area (Å²) in [5.41, 5.74) is 3.04. The Morgan fingerprint density at radius 3 is 2.39 bits per heavy atom. The monoisotopic (exact) mass is 437 g/mol. The second-order valence-electron chi connectivity index (χ2n) is 9.30. The molecule has 0 spiro atoms. The first-order valence-electron chi connectivity index (χ1n) is 11.6. The number of hydrogen-bond acceptors (Lipinski definition) is 1. The van der Waals surface area contributed by atoms with Crippen molar-refractivity contribution >= 4 is 18.1 Å². The summed E-state index contributed by atoms with van der Waals surface area (Å²) >= 11 is 0. The molecule has 0 bridgehead atoms. The fraction of sp³-hybridized carbons (Fsp3) is 0.233. The maximum Gasteiger partial charge on any atom is 0.230 e. The van der Waals surface area contributed by atoms with Crippen molar-refractivity contribution in [2.45, 2.75) is 32.4 Å². The van der Waals surface area contributed by atoms with Crippen molar-refractivity contribution < 1.29 is 9.18 Å². The molecule has 1 saturated heterocycles. The predicted octanol–water partition coefficient (Wildman–Crippen LogP) is 7.05. The molecule has 0 saturated carbocycles. The van der Waals surface area contributed by atoms with Crippen LogP contribution in [0.2, 0.25) is 0 Å². The predicted molar refractivity (Wildman–Crippen MR) is 131 cm³/mol. The third-order valence-electron chi connectivity index (χ3n) is 7.14. The number of carbonyl (C=O) groups is 1. The molecule has 2 nitrogen and oxygen atoms in total. The zero-order valence-corrected chi connectivity index (χ0v) is 18.8. The second-order valence-corrected chi connectivity index (χ2v) is 9.30. The van der Waals surface area contributed by atoms with Crippen molar-refractivity contribution in [1.82, 2.24) is 4.90 Å². The molecule has 33 heavy (non-hydrogen) atoms. The highest BCUT2D eigenvalue weighted by atomic mass is 19.1. The van der Waals surface area contributed by atoms with Crippen LogP contribution in [-0.4, -0.2) is 10.8 Å². The van der Waals surface area contributed by atoms with Crippen LogP contribution in [-0.2, 0) is 11.3 Å². The first-order valence-corrected chi connectivity index (χ1v) is 11.6. The van der Waals surface area contributed by atoms with Gasteiger partial charge in [0.2, 0.25) is 5.91 Å². The van der Waals surface area contributed by atoms with Gasteiger partial charge < -0.3 is 4.90 Å². The quantitative estimate of drug-likeness (QED) is 0.309. The fourth-order valence-corrected chi connectivity index (χ4v) is 5.31. The summed E-state index contributed by atoms with van der Waals surface area (Å²) in [5.74, 6) is -0.176. The van der Waals surface area contributed by atoms with Crippen LogP contribution in [0, 0.1) is 17.2 Å². The average Bonchev–Trinajstić information content (AvgIpc) is 3.06. The van der Waals surface area contributed by atoms with E-state index in [1.807, 2.05) is 89.8 Å². The van der Waals surface area contributed by atoms with Gasteiger partial charge in [0.05, 0.1) is 11.5 Å². The summed E-state index contributed by atoms with van der Waals surface area (Å²) in [4.78, 5) is 15.5. The molecule has 1 aliphatic carbocycles. The maximum atomic E-state index is 15.6. The normalized spacial score (nSPS) is 24.4. The standard InChI is InChI=1S/C30H28FNO/c1-30-19-9-8-14-26(30)28(32(29(30)33)21-24-12-6-3-7-13-24)25-18-17-23(20-27(25)31)16-15-22-10-4-2-5-11-22/h2-8,10-18,20,26,28H,9,19,21H2,1H3/b16-15+/t26-,28-,30+/m0/s1. The number of halogens is 1. The van der Waals surface area contributed by atoms with Gasteiger partial charge in [0.25, 0.3) is 0 Å². The molecule has 2 aliphatic rings. The largest absolute Gasteiger partial charge is 0.330 e. The Kier molecular flexibility index (Phi) is 5.72. The highest BCUT2D eigenvalue weighted by molar-refractivity contribution is 5.86. The highest BCUT2D eigenvalue weighted by Crippen LogP contribution is 2.54. The number of hydrogen-bond donors (Lipinski definition) is 0. The highest BCUT2D eigenvalue weighted by Gasteiger charge is 2.56. The van der Waals surface area contributed by atoms with Crippen LogP contribution in [0.3, 0.4) is 0 Å². The second kappa shape index (κ2) is 8.82. The van der Waals surface area contributed by atoms with Crippen LogP contribution in [0.25, 0.3) is 12.2 Å². The van der Waals surface area contributed by atoms with Gasteiger partial charge in [-0.15, -0.1) is 0 Å². The molecule has 5 rings (SSSR count). The van der Waals surface area contributed by atoms with Crippen LogP contribution in [0.5, 0.6) is 0 Å². The summed E-state index contributed by atoms with van der Waals surface area (Å²) < 4.78 is 15.6. The third-order valence-corrected chi connectivity index (χ3v) is 7.14. The molecule has 0 radical (unpaired) electrons. The lowest BCUT2D eigenvalue weighted by atomic mass is 9.69. The summed E-state index contributed by atoms with van der Waals surface area (Å²) in [7, 11) is 0. The molecule has 0 unspecified atom stereocenters. The minimum Gasteiger partial charge on any atom is -0.330 e. The Balaban J connectivity index is 1.50. The lowest BCUT2D eigenvalue weighted by Crippen LogP contribution is -2.34. The molecule has 1 heterocycles. The van der Waals surface area contributed by atoms with Crippen molar-refractivity contribution in [2.24, 2.45) is 11.3 Å². The molecule has 166 valence electrons. The van der Waals surface area contributed by atoms with Crippen molar-refractivity contribution in [3.63, 3.8) is 0 Å². The topological polar surface area (TPSA) is 20.3 Å². The van der Waals surface area contributed by atoms with E-state index in [4.69, 9.17) is 0 Å². The van der Waals surface area contributed by atoms with E-state index in [0.29, 0.717) is 12.1 Å². The molecule has 1 aliphatic heterocycles. The minimum absolute atomic E-state index is 0.0392. The summed E-state index contributed by atoms with van der Waals surface area (Å²) in [6, 6.07) is 25.0. The average molecular weight is 438 g/mol. The molecule has 1 fully saturated rings.